The van der Waals surface area contributed by atoms with Crippen molar-refractivity contribution >= 4 is 5.91 Å². The first-order valence-electron chi connectivity index (χ1n) is 26.0. The summed E-state index contributed by atoms with van der Waals surface area (Å²) in [5.74, 6) is -0.585. The average Bonchev–Trinajstić information content (AvgIpc) is 3.26. The Labute approximate surface area is 374 Å². The summed E-state index contributed by atoms with van der Waals surface area (Å²) in [6, 6.07) is -0.893. The molecule has 1 fully saturated rings. The van der Waals surface area contributed by atoms with E-state index in [-0.39, 0.29) is 6.61 Å². The first-order chi connectivity index (χ1) is 29.8. The molecule has 8 unspecified atom stereocenters. The maximum Gasteiger partial charge on any atom is 0.249 e. The lowest BCUT2D eigenvalue weighted by atomic mass is 9.99. The Morgan fingerprint density at radius 1 is 0.541 bits per heavy atom. The molecule has 1 aliphatic heterocycles. The van der Waals surface area contributed by atoms with Gasteiger partial charge >= 0.3 is 0 Å². The summed E-state index contributed by atoms with van der Waals surface area (Å²) in [5, 5.41) is 65.0. The van der Waals surface area contributed by atoms with Crippen LogP contribution in [0, 0.1) is 0 Å². The van der Waals surface area contributed by atoms with Crippen LogP contribution in [0.15, 0.2) is 12.2 Å². The summed E-state index contributed by atoms with van der Waals surface area (Å²) in [5.41, 5.74) is 0. The third kappa shape index (κ3) is 31.4. The van der Waals surface area contributed by atoms with E-state index in [0.717, 1.165) is 57.8 Å². The Bertz CT molecular complexity index is 984. The Hall–Kier alpha value is -1.11. The Kier molecular flexibility index (Phi) is 39.5. The molecule has 1 saturated heterocycles. The molecule has 1 heterocycles. The first kappa shape index (κ1) is 57.9. The van der Waals surface area contributed by atoms with Gasteiger partial charge in [-0.15, -0.1) is 0 Å². The lowest BCUT2D eigenvalue weighted by molar-refractivity contribution is -0.302. The monoisotopic (exact) mass is 870 g/mol. The van der Waals surface area contributed by atoms with E-state index in [9.17, 15) is 35.4 Å². The van der Waals surface area contributed by atoms with E-state index in [1.165, 1.54) is 161 Å². The van der Waals surface area contributed by atoms with Gasteiger partial charge < -0.3 is 45.4 Å². The van der Waals surface area contributed by atoms with E-state index in [4.69, 9.17) is 9.47 Å². The van der Waals surface area contributed by atoms with Gasteiger partial charge in [-0.25, -0.2) is 0 Å². The van der Waals surface area contributed by atoms with Crippen molar-refractivity contribution in [1.29, 1.82) is 0 Å². The van der Waals surface area contributed by atoms with Gasteiger partial charge in [0.05, 0.1) is 25.4 Å². The quantitative estimate of drug-likeness (QED) is 0.0233. The van der Waals surface area contributed by atoms with E-state index in [0.29, 0.717) is 12.8 Å². The molecule has 61 heavy (non-hydrogen) atoms. The number of nitrogens with one attached hydrogen (secondary N) is 1. The summed E-state index contributed by atoms with van der Waals surface area (Å²) in [4.78, 5) is 13.1. The van der Waals surface area contributed by atoms with Gasteiger partial charge in [0.1, 0.15) is 30.5 Å². The first-order valence-corrected chi connectivity index (χ1v) is 26.0. The van der Waals surface area contributed by atoms with Crippen LogP contribution >= 0.6 is 0 Å². The minimum absolute atomic E-state index is 0.254. The maximum atomic E-state index is 13.1. The van der Waals surface area contributed by atoms with Gasteiger partial charge in [0.25, 0.3) is 0 Å². The van der Waals surface area contributed by atoms with E-state index in [1.807, 2.05) is 0 Å². The zero-order valence-corrected chi connectivity index (χ0v) is 39.6. The molecule has 0 aliphatic carbocycles. The normalized spacial score (nSPS) is 21.0. The molecule has 0 saturated carbocycles. The smallest absolute Gasteiger partial charge is 0.249 e. The van der Waals surface area contributed by atoms with Crippen LogP contribution in [0.1, 0.15) is 245 Å². The highest BCUT2D eigenvalue weighted by atomic mass is 16.7. The summed E-state index contributed by atoms with van der Waals surface area (Å²) in [7, 11) is 0. The van der Waals surface area contributed by atoms with Gasteiger partial charge in [0, 0.05) is 0 Å². The largest absolute Gasteiger partial charge is 0.394 e. The number of unbranched alkanes of at least 4 members (excludes halogenated alkanes) is 31. The molecule has 0 aromatic carbocycles. The fourth-order valence-electron chi connectivity index (χ4n) is 8.46. The van der Waals surface area contributed by atoms with Crippen LogP contribution in [-0.4, -0.2) is 98.7 Å². The van der Waals surface area contributed by atoms with Gasteiger partial charge in [-0.05, 0) is 38.5 Å². The fraction of sp³-hybridized carbons (Fsp3) is 0.941. The molecule has 0 radical (unpaired) electrons. The van der Waals surface area contributed by atoms with Crippen LogP contribution in [0.5, 0.6) is 0 Å². The number of rotatable bonds is 44. The third-order valence-electron chi connectivity index (χ3n) is 12.7. The topological polar surface area (TPSA) is 169 Å². The molecule has 0 bridgehead atoms. The van der Waals surface area contributed by atoms with E-state index in [2.05, 4.69) is 31.3 Å². The SMILES string of the molecule is CCCCCCCCCCCCCC/C=C\CCCCCCCCC(O)C(=O)NC(COC1OC(CO)C(O)C(O)C1O)C(O)CCCCCCCCCCCCCCCC. The third-order valence-corrected chi connectivity index (χ3v) is 12.7. The molecule has 0 aromatic heterocycles. The van der Waals surface area contributed by atoms with E-state index < -0.39 is 61.5 Å². The molecule has 0 spiro atoms. The minimum Gasteiger partial charge on any atom is -0.394 e. The molecule has 1 aliphatic rings. The van der Waals surface area contributed by atoms with E-state index >= 15 is 0 Å². The number of carbonyl (C=O) groups excluding carboxylic acids is 1. The Morgan fingerprint density at radius 3 is 1.33 bits per heavy atom. The number of hydrogen-bond acceptors (Lipinski definition) is 9. The summed E-state index contributed by atoms with van der Waals surface area (Å²) in [6.07, 6.45) is 38.3. The predicted molar refractivity (Wildman–Crippen MR) is 250 cm³/mol. The fourth-order valence-corrected chi connectivity index (χ4v) is 8.46. The second-order valence-corrected chi connectivity index (χ2v) is 18.5. The van der Waals surface area contributed by atoms with Crippen LogP contribution in [0.25, 0.3) is 0 Å². The second kappa shape index (κ2) is 41.6. The van der Waals surface area contributed by atoms with Gasteiger partial charge in [0.2, 0.25) is 5.91 Å². The highest BCUT2D eigenvalue weighted by Gasteiger charge is 2.44. The highest BCUT2D eigenvalue weighted by molar-refractivity contribution is 5.80. The number of amides is 1. The standard InChI is InChI=1S/C51H99NO9/c1-3-5-7-9-11-13-15-17-19-20-21-22-23-24-25-26-28-30-32-34-36-38-40-45(55)50(59)52-43(42-60-51-49(58)48(57)47(56)46(41-53)61-51)44(54)39-37-35-33-31-29-27-18-16-14-12-10-8-6-4-2/h24-25,43-49,51,53-58H,3-23,26-42H2,1-2H3,(H,52,59)/b25-24-. The minimum atomic E-state index is -1.60. The van der Waals surface area contributed by atoms with E-state index in [1.54, 1.807) is 0 Å². The molecule has 7 N–H and O–H groups in total. The van der Waals surface area contributed by atoms with Gasteiger partial charge in [-0.2, -0.15) is 0 Å². The second-order valence-electron chi connectivity index (χ2n) is 18.5. The van der Waals surface area contributed by atoms with Crippen molar-refractivity contribution in [1.82, 2.24) is 5.32 Å². The van der Waals surface area contributed by atoms with Crippen LogP contribution < -0.4 is 5.32 Å². The Morgan fingerprint density at radius 2 is 0.918 bits per heavy atom. The van der Waals surface area contributed by atoms with Crippen LogP contribution in [0.3, 0.4) is 0 Å². The maximum absolute atomic E-state index is 13.1. The molecular weight excluding hydrogens is 771 g/mol. The van der Waals surface area contributed by atoms with Crippen molar-refractivity contribution in [2.24, 2.45) is 0 Å². The zero-order chi connectivity index (χ0) is 44.6. The molecule has 1 rings (SSSR count). The van der Waals surface area contributed by atoms with Gasteiger partial charge in [-0.3, -0.25) is 4.79 Å². The lowest BCUT2D eigenvalue weighted by Crippen LogP contribution is -2.60. The Balaban J connectivity index is 2.30. The van der Waals surface area contributed by atoms with Crippen molar-refractivity contribution in [3.8, 4) is 0 Å². The molecule has 10 nitrogen and oxygen atoms in total. The number of aliphatic hydroxyl groups excluding tert-OH is 6. The van der Waals surface area contributed by atoms with Crippen molar-refractivity contribution in [2.75, 3.05) is 13.2 Å². The average molecular weight is 870 g/mol. The molecule has 1 amide bonds. The van der Waals surface area contributed by atoms with Crippen LogP contribution in [0.2, 0.25) is 0 Å². The zero-order valence-electron chi connectivity index (χ0n) is 39.6. The summed E-state index contributed by atoms with van der Waals surface area (Å²) in [6.45, 7) is 3.69. The number of aliphatic hydroxyl groups is 6. The number of allylic oxidation sites excluding steroid dienone is 2. The van der Waals surface area contributed by atoms with Crippen molar-refractivity contribution in [2.45, 2.75) is 294 Å². The van der Waals surface area contributed by atoms with Gasteiger partial charge in [0.15, 0.2) is 6.29 Å². The lowest BCUT2D eigenvalue weighted by Gasteiger charge is -2.40. The molecule has 8 atom stereocenters. The highest BCUT2D eigenvalue weighted by Crippen LogP contribution is 2.23. The summed E-state index contributed by atoms with van der Waals surface area (Å²) >= 11 is 0. The molecule has 362 valence electrons. The molecular formula is C51H99NO9. The number of carbonyl (C=O) groups is 1. The van der Waals surface area contributed by atoms with Crippen LogP contribution in [-0.2, 0) is 14.3 Å². The van der Waals surface area contributed by atoms with Crippen molar-refractivity contribution in [3.05, 3.63) is 12.2 Å². The number of ether oxygens (including phenoxy) is 2. The van der Waals surface area contributed by atoms with Gasteiger partial charge in [-0.1, -0.05) is 219 Å². The predicted octanol–water partition coefficient (Wildman–Crippen LogP) is 10.6. The number of hydrogen-bond donors (Lipinski definition) is 7. The summed E-state index contributed by atoms with van der Waals surface area (Å²) < 4.78 is 11.2. The molecule has 10 heteroatoms. The van der Waals surface area contributed by atoms with Crippen LogP contribution in [0.4, 0.5) is 0 Å². The molecule has 0 aromatic rings. The van der Waals surface area contributed by atoms with Crippen molar-refractivity contribution in [3.63, 3.8) is 0 Å². The van der Waals surface area contributed by atoms with Crippen molar-refractivity contribution < 1.29 is 44.9 Å².